The van der Waals surface area contributed by atoms with Crippen LogP contribution in [-0.2, 0) is 9.59 Å². The number of carbonyl (C=O) groups excluding carboxylic acids is 2. The molecule has 4 heteroatoms. The van der Waals surface area contributed by atoms with E-state index in [-0.39, 0.29) is 23.7 Å². The van der Waals surface area contributed by atoms with E-state index in [1.807, 2.05) is 13.8 Å². The van der Waals surface area contributed by atoms with Crippen LogP contribution in [0.4, 0.5) is 0 Å². The standard InChI is InChI=1S/C15H28N2O2/c1-5-6-13-7-8-17(9-13)10-14(19)16-15(11(2)3)12(4)18/h11,13,15H,5-10H2,1-4H3,(H,16,19). The van der Waals surface area contributed by atoms with Gasteiger partial charge in [-0.2, -0.15) is 0 Å². The van der Waals surface area contributed by atoms with E-state index >= 15 is 0 Å². The lowest BCUT2D eigenvalue weighted by molar-refractivity contribution is -0.128. The Morgan fingerprint density at radius 3 is 2.58 bits per heavy atom. The van der Waals surface area contributed by atoms with Gasteiger partial charge >= 0.3 is 0 Å². The van der Waals surface area contributed by atoms with E-state index in [9.17, 15) is 9.59 Å². The van der Waals surface area contributed by atoms with Crippen LogP contribution in [0.25, 0.3) is 0 Å². The number of hydrogen-bond acceptors (Lipinski definition) is 3. The maximum atomic E-state index is 12.0. The molecule has 0 radical (unpaired) electrons. The summed E-state index contributed by atoms with van der Waals surface area (Å²) in [6.45, 7) is 10.1. The third-order valence-electron chi connectivity index (χ3n) is 3.86. The Morgan fingerprint density at radius 2 is 2.05 bits per heavy atom. The number of amides is 1. The summed E-state index contributed by atoms with van der Waals surface area (Å²) in [6.07, 6.45) is 3.66. The molecule has 2 atom stereocenters. The number of Topliss-reactive ketones (excluding diaryl/α,β-unsaturated/α-hetero) is 1. The van der Waals surface area contributed by atoms with Crippen molar-refractivity contribution in [1.29, 1.82) is 0 Å². The predicted octanol–water partition coefficient (Wildman–Crippen LogP) is 1.84. The fraction of sp³-hybridized carbons (Fsp3) is 0.867. The first kappa shape index (κ1) is 16.2. The van der Waals surface area contributed by atoms with Gasteiger partial charge in [0.05, 0.1) is 12.6 Å². The maximum Gasteiger partial charge on any atom is 0.234 e. The van der Waals surface area contributed by atoms with Crippen LogP contribution in [0.1, 0.15) is 47.0 Å². The lowest BCUT2D eigenvalue weighted by Crippen LogP contribution is -2.47. The van der Waals surface area contributed by atoms with Crippen molar-refractivity contribution in [1.82, 2.24) is 10.2 Å². The molecule has 1 saturated heterocycles. The topological polar surface area (TPSA) is 49.4 Å². The molecule has 0 bridgehead atoms. The van der Waals surface area contributed by atoms with Crippen molar-refractivity contribution in [2.75, 3.05) is 19.6 Å². The van der Waals surface area contributed by atoms with Gasteiger partial charge in [0.25, 0.3) is 0 Å². The fourth-order valence-corrected chi connectivity index (χ4v) is 2.86. The molecular weight excluding hydrogens is 240 g/mol. The van der Waals surface area contributed by atoms with Crippen molar-refractivity contribution in [2.24, 2.45) is 11.8 Å². The zero-order chi connectivity index (χ0) is 14.4. The van der Waals surface area contributed by atoms with Gasteiger partial charge in [-0.25, -0.2) is 0 Å². The highest BCUT2D eigenvalue weighted by atomic mass is 16.2. The first-order valence-electron chi connectivity index (χ1n) is 7.46. The maximum absolute atomic E-state index is 12.0. The molecular formula is C15H28N2O2. The highest BCUT2D eigenvalue weighted by Gasteiger charge is 2.25. The van der Waals surface area contributed by atoms with Gasteiger partial charge in [-0.05, 0) is 38.1 Å². The second-order valence-electron chi connectivity index (χ2n) is 6.08. The molecule has 1 aliphatic rings. The minimum absolute atomic E-state index is 0.0222. The van der Waals surface area contributed by atoms with E-state index in [4.69, 9.17) is 0 Å². The molecule has 0 aliphatic carbocycles. The van der Waals surface area contributed by atoms with Gasteiger partial charge in [0.1, 0.15) is 0 Å². The molecule has 1 aliphatic heterocycles. The Balaban J connectivity index is 2.37. The van der Waals surface area contributed by atoms with Gasteiger partial charge in [-0.3, -0.25) is 14.5 Å². The van der Waals surface area contributed by atoms with Crippen LogP contribution >= 0.6 is 0 Å². The molecule has 19 heavy (non-hydrogen) atoms. The molecule has 2 unspecified atom stereocenters. The zero-order valence-electron chi connectivity index (χ0n) is 12.7. The van der Waals surface area contributed by atoms with Crippen molar-refractivity contribution < 1.29 is 9.59 Å². The largest absolute Gasteiger partial charge is 0.345 e. The first-order valence-corrected chi connectivity index (χ1v) is 7.46. The van der Waals surface area contributed by atoms with E-state index in [0.717, 1.165) is 19.0 Å². The highest BCUT2D eigenvalue weighted by Crippen LogP contribution is 2.20. The van der Waals surface area contributed by atoms with Crippen molar-refractivity contribution in [2.45, 2.75) is 53.0 Å². The van der Waals surface area contributed by atoms with Gasteiger partial charge in [-0.15, -0.1) is 0 Å². The summed E-state index contributed by atoms with van der Waals surface area (Å²) in [6, 6.07) is -0.346. The van der Waals surface area contributed by atoms with E-state index in [1.54, 1.807) is 0 Å². The molecule has 1 heterocycles. The highest BCUT2D eigenvalue weighted by molar-refractivity contribution is 5.88. The first-order chi connectivity index (χ1) is 8.93. The van der Waals surface area contributed by atoms with Gasteiger partial charge in [-0.1, -0.05) is 27.2 Å². The average Bonchev–Trinajstić information content (AvgIpc) is 2.73. The summed E-state index contributed by atoms with van der Waals surface area (Å²) in [4.78, 5) is 25.6. The third kappa shape index (κ3) is 5.31. The number of nitrogens with zero attached hydrogens (tertiary/aromatic N) is 1. The van der Waals surface area contributed by atoms with Gasteiger partial charge < -0.3 is 5.32 Å². The minimum atomic E-state index is -0.346. The summed E-state index contributed by atoms with van der Waals surface area (Å²) >= 11 is 0. The summed E-state index contributed by atoms with van der Waals surface area (Å²) < 4.78 is 0. The number of likely N-dealkylation sites (tertiary alicyclic amines) is 1. The molecule has 0 spiro atoms. The van der Waals surface area contributed by atoms with Gasteiger partial charge in [0, 0.05) is 6.54 Å². The number of carbonyl (C=O) groups is 2. The lowest BCUT2D eigenvalue weighted by Gasteiger charge is -2.22. The van der Waals surface area contributed by atoms with Gasteiger partial charge in [0.2, 0.25) is 5.91 Å². The SMILES string of the molecule is CCCC1CCN(CC(=O)NC(C(C)=O)C(C)C)C1. The van der Waals surface area contributed by atoms with Crippen LogP contribution in [0.3, 0.4) is 0 Å². The molecule has 0 aromatic heterocycles. The van der Waals surface area contributed by atoms with Gasteiger partial charge in [0.15, 0.2) is 5.78 Å². The molecule has 1 rings (SSSR count). The van der Waals surface area contributed by atoms with Crippen molar-refractivity contribution >= 4 is 11.7 Å². The summed E-state index contributed by atoms with van der Waals surface area (Å²) in [7, 11) is 0. The van der Waals surface area contributed by atoms with Crippen LogP contribution in [0.5, 0.6) is 0 Å². The van der Waals surface area contributed by atoms with Crippen LogP contribution in [0, 0.1) is 11.8 Å². The van der Waals surface area contributed by atoms with E-state index in [0.29, 0.717) is 6.54 Å². The third-order valence-corrected chi connectivity index (χ3v) is 3.86. The quantitative estimate of drug-likeness (QED) is 0.766. The second-order valence-corrected chi connectivity index (χ2v) is 6.08. The number of ketones is 1. The summed E-state index contributed by atoms with van der Waals surface area (Å²) in [5.41, 5.74) is 0. The molecule has 0 aromatic rings. The molecule has 0 aromatic carbocycles. The van der Waals surface area contributed by atoms with Crippen LogP contribution in [-0.4, -0.2) is 42.3 Å². The van der Waals surface area contributed by atoms with Crippen LogP contribution < -0.4 is 5.32 Å². The normalized spacial score (nSPS) is 21.6. The zero-order valence-corrected chi connectivity index (χ0v) is 12.7. The van der Waals surface area contributed by atoms with E-state index in [1.165, 1.54) is 26.2 Å². The summed E-state index contributed by atoms with van der Waals surface area (Å²) in [5.74, 6) is 0.902. The Hall–Kier alpha value is -0.900. The predicted molar refractivity (Wildman–Crippen MR) is 76.9 cm³/mol. The Bertz CT molecular complexity index is 315. The fourth-order valence-electron chi connectivity index (χ4n) is 2.86. The molecule has 1 N–H and O–H groups in total. The van der Waals surface area contributed by atoms with Crippen molar-refractivity contribution in [3.63, 3.8) is 0 Å². The van der Waals surface area contributed by atoms with E-state index in [2.05, 4.69) is 17.1 Å². The van der Waals surface area contributed by atoms with Crippen molar-refractivity contribution in [3.8, 4) is 0 Å². The lowest BCUT2D eigenvalue weighted by atomic mass is 10.0. The summed E-state index contributed by atoms with van der Waals surface area (Å²) in [5, 5.41) is 2.86. The number of nitrogens with one attached hydrogen (secondary N) is 1. The molecule has 1 fully saturated rings. The van der Waals surface area contributed by atoms with Crippen LogP contribution in [0.15, 0.2) is 0 Å². The number of hydrogen-bond donors (Lipinski definition) is 1. The Labute approximate surface area is 116 Å². The smallest absolute Gasteiger partial charge is 0.234 e. The average molecular weight is 268 g/mol. The number of rotatable bonds is 7. The second kappa shape index (κ2) is 7.63. The molecule has 4 nitrogen and oxygen atoms in total. The minimum Gasteiger partial charge on any atom is -0.345 e. The molecule has 110 valence electrons. The Morgan fingerprint density at radius 1 is 1.37 bits per heavy atom. The molecule has 0 saturated carbocycles. The van der Waals surface area contributed by atoms with E-state index < -0.39 is 0 Å². The Kier molecular flexibility index (Phi) is 6.49. The molecule has 1 amide bonds. The monoisotopic (exact) mass is 268 g/mol. The van der Waals surface area contributed by atoms with Crippen LogP contribution in [0.2, 0.25) is 0 Å². The van der Waals surface area contributed by atoms with Crippen molar-refractivity contribution in [3.05, 3.63) is 0 Å².